The van der Waals surface area contributed by atoms with Crippen LogP contribution < -0.4 is 11.5 Å². The van der Waals surface area contributed by atoms with Crippen LogP contribution in [0.3, 0.4) is 0 Å². The molecule has 3 N–H and O–H groups in total. The molecule has 20 heavy (non-hydrogen) atoms. The van der Waals surface area contributed by atoms with Gasteiger partial charge in [-0.05, 0) is 35.4 Å². The van der Waals surface area contributed by atoms with Crippen molar-refractivity contribution in [3.05, 3.63) is 68.4 Å². The number of H-pyrrole nitrogens is 1. The van der Waals surface area contributed by atoms with Gasteiger partial charge in [0.25, 0.3) is 0 Å². The Bertz CT molecular complexity index is 841. The number of benzene rings is 2. The summed E-state index contributed by atoms with van der Waals surface area (Å²) in [5, 5.41) is 0. The van der Waals surface area contributed by atoms with Crippen LogP contribution in [0.15, 0.2) is 50.1 Å². The van der Waals surface area contributed by atoms with Crippen LogP contribution in [0.1, 0.15) is 17.2 Å². The Labute approximate surface area is 121 Å². The molecule has 2 aromatic carbocycles. The van der Waals surface area contributed by atoms with Gasteiger partial charge in [-0.3, -0.25) is 4.98 Å². The van der Waals surface area contributed by atoms with Crippen LogP contribution in [0.4, 0.5) is 4.39 Å². The van der Waals surface area contributed by atoms with Crippen LogP contribution >= 0.6 is 15.9 Å². The summed E-state index contributed by atoms with van der Waals surface area (Å²) < 4.78 is 18.7. The first-order chi connectivity index (χ1) is 9.54. The highest BCUT2D eigenvalue weighted by molar-refractivity contribution is 9.10. The van der Waals surface area contributed by atoms with E-state index in [0.29, 0.717) is 15.6 Å². The van der Waals surface area contributed by atoms with Gasteiger partial charge < -0.3 is 10.2 Å². The summed E-state index contributed by atoms with van der Waals surface area (Å²) in [4.78, 5) is 13.7. The third-order valence-corrected chi connectivity index (χ3v) is 3.79. The molecule has 0 amide bonds. The predicted octanol–water partition coefficient (Wildman–Crippen LogP) is 3.07. The fourth-order valence-corrected chi connectivity index (χ4v) is 2.69. The molecule has 4 nitrogen and oxygen atoms in total. The highest BCUT2D eigenvalue weighted by Crippen LogP contribution is 2.28. The first-order valence-electron chi connectivity index (χ1n) is 5.88. The number of nitrogens with one attached hydrogen (secondary N) is 1. The lowest BCUT2D eigenvalue weighted by Gasteiger charge is -2.14. The molecular weight excluding hydrogens is 327 g/mol. The van der Waals surface area contributed by atoms with Crippen LogP contribution in [0.2, 0.25) is 0 Å². The van der Waals surface area contributed by atoms with E-state index in [-0.39, 0.29) is 5.82 Å². The molecule has 102 valence electrons. The van der Waals surface area contributed by atoms with Gasteiger partial charge in [0.1, 0.15) is 5.82 Å². The zero-order valence-corrected chi connectivity index (χ0v) is 11.8. The minimum atomic E-state index is -0.506. The second kappa shape index (κ2) is 4.88. The summed E-state index contributed by atoms with van der Waals surface area (Å²) >= 11 is 3.30. The third-order valence-electron chi connectivity index (χ3n) is 3.10. The van der Waals surface area contributed by atoms with Crippen molar-refractivity contribution in [2.75, 3.05) is 0 Å². The monoisotopic (exact) mass is 336 g/mol. The lowest BCUT2D eigenvalue weighted by molar-refractivity contribution is 0.555. The molecule has 0 spiro atoms. The van der Waals surface area contributed by atoms with Crippen molar-refractivity contribution in [3.63, 3.8) is 0 Å². The summed E-state index contributed by atoms with van der Waals surface area (Å²) in [6.45, 7) is 0. The van der Waals surface area contributed by atoms with E-state index in [4.69, 9.17) is 10.2 Å². The van der Waals surface area contributed by atoms with E-state index in [2.05, 4.69) is 20.9 Å². The zero-order chi connectivity index (χ0) is 14.3. The van der Waals surface area contributed by atoms with Crippen molar-refractivity contribution >= 4 is 27.0 Å². The van der Waals surface area contributed by atoms with Crippen molar-refractivity contribution in [3.8, 4) is 0 Å². The Kier molecular flexibility index (Phi) is 3.19. The van der Waals surface area contributed by atoms with Crippen molar-refractivity contribution in [1.82, 2.24) is 4.98 Å². The largest absolute Gasteiger partial charge is 0.417 e. The van der Waals surface area contributed by atoms with Gasteiger partial charge in [-0.1, -0.05) is 28.1 Å². The van der Waals surface area contributed by atoms with Gasteiger partial charge in [0, 0.05) is 4.47 Å². The van der Waals surface area contributed by atoms with E-state index in [1.807, 2.05) is 0 Å². The van der Waals surface area contributed by atoms with E-state index in [1.165, 1.54) is 12.1 Å². The maximum Gasteiger partial charge on any atom is 0.417 e. The summed E-state index contributed by atoms with van der Waals surface area (Å²) in [6.07, 6.45) is 0. The van der Waals surface area contributed by atoms with Gasteiger partial charge in [-0.15, -0.1) is 0 Å². The molecule has 0 saturated heterocycles. The molecule has 1 unspecified atom stereocenters. The number of aromatic amines is 1. The van der Waals surface area contributed by atoms with E-state index < -0.39 is 11.8 Å². The van der Waals surface area contributed by atoms with Gasteiger partial charge >= 0.3 is 5.76 Å². The highest BCUT2D eigenvalue weighted by atomic mass is 79.9. The van der Waals surface area contributed by atoms with Gasteiger partial charge in [0.2, 0.25) is 0 Å². The number of hydrogen-bond donors (Lipinski definition) is 2. The van der Waals surface area contributed by atoms with Crippen LogP contribution in [0.25, 0.3) is 11.1 Å². The summed E-state index contributed by atoms with van der Waals surface area (Å²) in [7, 11) is 0. The van der Waals surface area contributed by atoms with Gasteiger partial charge in [0.05, 0.1) is 11.6 Å². The summed E-state index contributed by atoms with van der Waals surface area (Å²) in [5.74, 6) is -0.839. The number of fused-ring (bicyclic) bond motifs is 1. The molecule has 0 fully saturated rings. The second-order valence-corrected chi connectivity index (χ2v) is 5.27. The molecular formula is C14H10BrFN2O2. The quantitative estimate of drug-likeness (QED) is 0.755. The SMILES string of the molecule is NC(c1ccc2[nH]c(=O)oc2c1)c1ccc(F)cc1Br. The molecule has 1 atom stereocenters. The molecule has 3 rings (SSSR count). The Morgan fingerprint density at radius 3 is 2.80 bits per heavy atom. The summed E-state index contributed by atoms with van der Waals surface area (Å²) in [5.41, 5.74) is 8.77. The number of aromatic nitrogens is 1. The van der Waals surface area contributed by atoms with Gasteiger partial charge in [-0.25, -0.2) is 9.18 Å². The van der Waals surface area contributed by atoms with E-state index in [9.17, 15) is 9.18 Å². The molecule has 0 radical (unpaired) electrons. The number of rotatable bonds is 2. The van der Waals surface area contributed by atoms with Crippen molar-refractivity contribution < 1.29 is 8.81 Å². The molecule has 0 saturated carbocycles. The smallest absolute Gasteiger partial charge is 0.408 e. The van der Waals surface area contributed by atoms with Crippen molar-refractivity contribution in [2.24, 2.45) is 5.73 Å². The van der Waals surface area contributed by atoms with Crippen molar-refractivity contribution in [2.45, 2.75) is 6.04 Å². The molecule has 1 aromatic heterocycles. The first-order valence-corrected chi connectivity index (χ1v) is 6.67. The topological polar surface area (TPSA) is 72.0 Å². The number of nitrogens with two attached hydrogens (primary N) is 1. The highest BCUT2D eigenvalue weighted by Gasteiger charge is 2.14. The molecule has 6 heteroatoms. The van der Waals surface area contributed by atoms with Crippen molar-refractivity contribution in [1.29, 1.82) is 0 Å². The normalized spacial score (nSPS) is 12.8. The van der Waals surface area contributed by atoms with E-state index in [1.54, 1.807) is 24.3 Å². The fourth-order valence-electron chi connectivity index (χ4n) is 2.09. The standard InChI is InChI=1S/C14H10BrFN2O2/c15-10-6-8(16)2-3-9(10)13(17)7-1-4-11-12(5-7)20-14(19)18-11/h1-6,13H,17H2,(H,18,19). The van der Waals surface area contributed by atoms with Crippen LogP contribution in [0.5, 0.6) is 0 Å². The Hall–Kier alpha value is -1.92. The van der Waals surface area contributed by atoms with Gasteiger partial charge in [0.15, 0.2) is 5.58 Å². The van der Waals surface area contributed by atoms with Crippen LogP contribution in [0, 0.1) is 5.82 Å². The predicted molar refractivity (Wildman–Crippen MR) is 77.0 cm³/mol. The minimum Gasteiger partial charge on any atom is -0.408 e. The van der Waals surface area contributed by atoms with Gasteiger partial charge in [-0.2, -0.15) is 0 Å². The Morgan fingerprint density at radius 1 is 1.25 bits per heavy atom. The molecule has 1 heterocycles. The maximum absolute atomic E-state index is 13.1. The second-order valence-electron chi connectivity index (χ2n) is 4.41. The number of oxazole rings is 1. The molecule has 0 bridgehead atoms. The minimum absolute atomic E-state index is 0.333. The summed E-state index contributed by atoms with van der Waals surface area (Å²) in [6, 6.07) is 9.13. The zero-order valence-electron chi connectivity index (χ0n) is 10.2. The van der Waals surface area contributed by atoms with E-state index >= 15 is 0 Å². The number of halogens is 2. The fraction of sp³-hybridized carbons (Fsp3) is 0.0714. The van der Waals surface area contributed by atoms with E-state index in [0.717, 1.165) is 11.1 Å². The Morgan fingerprint density at radius 2 is 2.05 bits per heavy atom. The molecule has 0 aliphatic rings. The third kappa shape index (κ3) is 2.28. The average Bonchev–Trinajstić information content (AvgIpc) is 2.77. The average molecular weight is 337 g/mol. The van der Waals surface area contributed by atoms with Crippen LogP contribution in [-0.4, -0.2) is 4.98 Å². The maximum atomic E-state index is 13.1. The molecule has 3 aromatic rings. The Balaban J connectivity index is 2.06. The lowest BCUT2D eigenvalue weighted by Crippen LogP contribution is -2.12. The first kappa shape index (κ1) is 13.1. The number of hydrogen-bond acceptors (Lipinski definition) is 3. The van der Waals surface area contributed by atoms with Crippen LogP contribution in [-0.2, 0) is 0 Å². The molecule has 0 aliphatic heterocycles. The lowest BCUT2D eigenvalue weighted by atomic mass is 9.99. The molecule has 0 aliphatic carbocycles.